The van der Waals surface area contributed by atoms with Crippen molar-refractivity contribution in [3.05, 3.63) is 71.2 Å². The Kier molecular flexibility index (Phi) is 7.06. The number of piperazine rings is 1. The summed E-state index contributed by atoms with van der Waals surface area (Å²) in [6, 6.07) is 20.2. The van der Waals surface area contributed by atoms with Gasteiger partial charge in [0.15, 0.2) is 0 Å². The molecule has 7 nitrogen and oxygen atoms in total. The van der Waals surface area contributed by atoms with Crippen molar-refractivity contribution in [2.45, 2.75) is 19.1 Å². The van der Waals surface area contributed by atoms with Crippen LogP contribution in [0.15, 0.2) is 60.8 Å². The molecule has 2 aliphatic rings. The molecule has 0 spiro atoms. The van der Waals surface area contributed by atoms with Crippen molar-refractivity contribution in [3.8, 4) is 10.4 Å². The van der Waals surface area contributed by atoms with Crippen molar-refractivity contribution in [1.82, 2.24) is 20.0 Å². The first kappa shape index (κ1) is 24.3. The number of nitrogens with one attached hydrogen (secondary N) is 1. The highest BCUT2D eigenvalue weighted by Crippen LogP contribution is 2.33. The van der Waals surface area contributed by atoms with Gasteiger partial charge in [0.05, 0.1) is 36.7 Å². The molecule has 0 radical (unpaired) electrons. The Morgan fingerprint density at radius 3 is 2.92 bits per heavy atom. The maximum Gasteiger partial charge on any atom is 0.0951 e. The Morgan fingerprint density at radius 1 is 1.08 bits per heavy atom. The summed E-state index contributed by atoms with van der Waals surface area (Å²) in [6.45, 7) is 7.54. The number of benzene rings is 2. The van der Waals surface area contributed by atoms with Crippen LogP contribution in [-0.2, 0) is 17.8 Å². The first-order valence-corrected chi connectivity index (χ1v) is 13.8. The van der Waals surface area contributed by atoms with Crippen LogP contribution >= 0.6 is 11.3 Å². The van der Waals surface area contributed by atoms with Gasteiger partial charge in [-0.15, -0.1) is 11.3 Å². The number of nitrogens with zero attached hydrogens (tertiary/aromatic N) is 5. The molecule has 8 heteroatoms. The molecule has 0 aliphatic carbocycles. The molecular formula is C29H34N6OS. The van der Waals surface area contributed by atoms with Crippen molar-refractivity contribution in [2.75, 3.05) is 63.7 Å². The number of thiophene rings is 1. The van der Waals surface area contributed by atoms with Gasteiger partial charge in [-0.2, -0.15) is 10.2 Å². The van der Waals surface area contributed by atoms with E-state index in [-0.39, 0.29) is 0 Å². The maximum absolute atomic E-state index is 5.74. The summed E-state index contributed by atoms with van der Waals surface area (Å²) in [6.07, 6.45) is 1.85. The van der Waals surface area contributed by atoms with E-state index in [1.165, 1.54) is 26.6 Å². The first-order chi connectivity index (χ1) is 18.1. The van der Waals surface area contributed by atoms with Gasteiger partial charge in [-0.1, -0.05) is 24.3 Å². The summed E-state index contributed by atoms with van der Waals surface area (Å²) in [5.41, 5.74) is 5.85. The molecule has 2 aromatic heterocycles. The highest BCUT2D eigenvalue weighted by Gasteiger charge is 2.29. The Balaban J connectivity index is 1.19. The molecule has 2 aromatic carbocycles. The van der Waals surface area contributed by atoms with Crippen molar-refractivity contribution >= 4 is 33.6 Å². The van der Waals surface area contributed by atoms with Crippen molar-refractivity contribution in [2.24, 2.45) is 0 Å². The normalized spacial score (nSPS) is 18.4. The van der Waals surface area contributed by atoms with Gasteiger partial charge in [-0.3, -0.25) is 4.90 Å². The third-order valence-electron chi connectivity index (χ3n) is 7.31. The smallest absolute Gasteiger partial charge is 0.0951 e. The van der Waals surface area contributed by atoms with E-state index in [2.05, 4.69) is 98.9 Å². The minimum absolute atomic E-state index is 0.474. The van der Waals surface area contributed by atoms with Crippen LogP contribution < -0.4 is 10.2 Å². The van der Waals surface area contributed by atoms with Crippen molar-refractivity contribution < 1.29 is 4.74 Å². The molecule has 1 atom stereocenters. The van der Waals surface area contributed by atoms with E-state index < -0.39 is 0 Å². The van der Waals surface area contributed by atoms with Gasteiger partial charge >= 0.3 is 0 Å². The Morgan fingerprint density at radius 2 is 2.00 bits per heavy atom. The summed E-state index contributed by atoms with van der Waals surface area (Å²) >= 11 is 1.85. The third-order valence-corrected chi connectivity index (χ3v) is 8.43. The van der Waals surface area contributed by atoms with Crippen molar-refractivity contribution in [3.63, 3.8) is 0 Å². The van der Waals surface area contributed by atoms with Crippen LogP contribution in [-0.4, -0.2) is 79.5 Å². The average molecular weight is 515 g/mol. The lowest BCUT2D eigenvalue weighted by Crippen LogP contribution is -2.58. The largest absolute Gasteiger partial charge is 0.378 e. The zero-order valence-electron chi connectivity index (χ0n) is 21.6. The van der Waals surface area contributed by atoms with E-state index in [1.54, 1.807) is 0 Å². The topological polar surface area (TPSA) is 56.8 Å². The maximum atomic E-state index is 5.74. The van der Waals surface area contributed by atoms with Crippen LogP contribution in [0.4, 0.5) is 11.4 Å². The van der Waals surface area contributed by atoms with Gasteiger partial charge in [0, 0.05) is 60.1 Å². The van der Waals surface area contributed by atoms with Crippen LogP contribution in [0.5, 0.6) is 0 Å². The molecule has 2 saturated heterocycles. The molecule has 2 aliphatic heterocycles. The second-order valence-corrected chi connectivity index (χ2v) is 11.4. The summed E-state index contributed by atoms with van der Waals surface area (Å²) < 4.78 is 5.74. The van der Waals surface area contributed by atoms with Gasteiger partial charge < -0.3 is 19.9 Å². The van der Waals surface area contributed by atoms with E-state index >= 15 is 0 Å². The van der Waals surface area contributed by atoms with E-state index in [1.807, 2.05) is 17.5 Å². The molecular weight excluding hydrogens is 480 g/mol. The van der Waals surface area contributed by atoms with E-state index in [0.29, 0.717) is 6.04 Å². The Bertz CT molecular complexity index is 1370. The Hall–Kier alpha value is -3.04. The van der Waals surface area contributed by atoms with E-state index in [0.717, 1.165) is 69.1 Å². The molecule has 1 unspecified atom stereocenters. The molecule has 0 saturated carbocycles. The molecule has 192 valence electrons. The van der Waals surface area contributed by atoms with Crippen LogP contribution in [0, 0.1) is 0 Å². The quantitative estimate of drug-likeness (QED) is 0.388. The molecule has 4 heterocycles. The molecule has 4 aromatic rings. The SMILES string of the molecule is CN(C)Cc1ccccc1-c1ccc(CNc2cnnc3ccc(N4CCN5CCOCC5C4)cc23)s1. The minimum atomic E-state index is 0.474. The zero-order chi connectivity index (χ0) is 25.2. The van der Waals surface area contributed by atoms with Crippen LogP contribution in [0.1, 0.15) is 10.4 Å². The lowest BCUT2D eigenvalue weighted by molar-refractivity contribution is -0.0116. The summed E-state index contributed by atoms with van der Waals surface area (Å²) in [5.74, 6) is 0. The highest BCUT2D eigenvalue weighted by atomic mass is 32.1. The van der Waals surface area contributed by atoms with Crippen molar-refractivity contribution in [1.29, 1.82) is 0 Å². The van der Waals surface area contributed by atoms with E-state index in [9.17, 15) is 0 Å². The molecule has 6 rings (SSSR count). The standard InChI is InChI=1S/C29H34N6OS/c1-33(2)18-21-5-3-4-6-25(21)29-10-8-24(37-29)16-30-28-17-31-32-27-9-7-22(15-26(27)28)35-12-11-34-13-14-36-20-23(34)19-35/h3-10,15,17,23H,11-14,16,18-20H2,1-2H3,(H,30,32). The fraction of sp³-hybridized carbons (Fsp3) is 0.379. The molecule has 0 bridgehead atoms. The Labute approximate surface area is 222 Å². The lowest BCUT2D eigenvalue weighted by Gasteiger charge is -2.44. The number of hydrogen-bond donors (Lipinski definition) is 1. The highest BCUT2D eigenvalue weighted by molar-refractivity contribution is 7.15. The molecule has 2 fully saturated rings. The van der Waals surface area contributed by atoms with Gasteiger partial charge in [0.25, 0.3) is 0 Å². The summed E-state index contributed by atoms with van der Waals surface area (Å²) in [5, 5.41) is 13.4. The van der Waals surface area contributed by atoms with Gasteiger partial charge in [0.2, 0.25) is 0 Å². The molecule has 1 N–H and O–H groups in total. The number of ether oxygens (including phenoxy) is 1. The molecule has 0 amide bonds. The summed E-state index contributed by atoms with van der Waals surface area (Å²) in [4.78, 5) is 9.86. The second kappa shape index (κ2) is 10.8. The average Bonchev–Trinajstić information content (AvgIpc) is 3.40. The lowest BCUT2D eigenvalue weighted by atomic mass is 10.1. The van der Waals surface area contributed by atoms with Gasteiger partial charge in [-0.25, -0.2) is 0 Å². The van der Waals surface area contributed by atoms with Crippen LogP contribution in [0.2, 0.25) is 0 Å². The van der Waals surface area contributed by atoms with Crippen LogP contribution in [0.3, 0.4) is 0 Å². The minimum Gasteiger partial charge on any atom is -0.378 e. The monoisotopic (exact) mass is 514 g/mol. The number of anilines is 2. The van der Waals surface area contributed by atoms with Gasteiger partial charge in [-0.05, 0) is 55.6 Å². The number of hydrogen-bond acceptors (Lipinski definition) is 8. The van der Waals surface area contributed by atoms with Gasteiger partial charge in [0.1, 0.15) is 0 Å². The predicted molar refractivity (Wildman–Crippen MR) is 152 cm³/mol. The predicted octanol–water partition coefficient (Wildman–Crippen LogP) is 4.55. The fourth-order valence-corrected chi connectivity index (χ4v) is 6.41. The van der Waals surface area contributed by atoms with Crippen LogP contribution in [0.25, 0.3) is 21.3 Å². The fourth-order valence-electron chi connectivity index (χ4n) is 5.40. The summed E-state index contributed by atoms with van der Waals surface area (Å²) in [7, 11) is 4.23. The number of aromatic nitrogens is 2. The number of fused-ring (bicyclic) bond motifs is 2. The number of morpholine rings is 1. The number of rotatable bonds is 7. The first-order valence-electron chi connectivity index (χ1n) is 13.0. The van der Waals surface area contributed by atoms with E-state index in [4.69, 9.17) is 4.74 Å². The molecule has 37 heavy (non-hydrogen) atoms. The third kappa shape index (κ3) is 5.33. The zero-order valence-corrected chi connectivity index (χ0v) is 22.4. The second-order valence-electron chi connectivity index (χ2n) is 10.2.